The van der Waals surface area contributed by atoms with Crippen LogP contribution in [0.4, 0.5) is 5.69 Å². The maximum Gasteiger partial charge on any atom is 0.262 e. The number of anilines is 1. The number of nitrogens with zero attached hydrogens (tertiary/aromatic N) is 1. The predicted molar refractivity (Wildman–Crippen MR) is 118 cm³/mol. The molecule has 1 heterocycles. The van der Waals surface area contributed by atoms with E-state index < -0.39 is 0 Å². The Labute approximate surface area is 175 Å². The highest BCUT2D eigenvalue weighted by Crippen LogP contribution is 2.35. The second-order valence-corrected chi connectivity index (χ2v) is 8.19. The van der Waals surface area contributed by atoms with Crippen LogP contribution < -0.4 is 10.1 Å². The summed E-state index contributed by atoms with van der Waals surface area (Å²) in [6, 6.07) is 21.4. The van der Waals surface area contributed by atoms with Gasteiger partial charge in [0.05, 0.1) is 21.5 Å². The van der Waals surface area contributed by atoms with E-state index in [1.54, 1.807) is 11.3 Å². The number of fused-ring (bicyclic) bond motifs is 1. The number of aromatic nitrogens is 1. The van der Waals surface area contributed by atoms with Crippen LogP contribution in [0.15, 0.2) is 71.2 Å². The quantitative estimate of drug-likeness (QED) is 0.400. The van der Waals surface area contributed by atoms with Crippen molar-refractivity contribution < 1.29 is 9.53 Å². The molecular formula is C22H17BrN2O2S. The molecule has 1 amide bonds. The largest absolute Gasteiger partial charge is 0.483 e. The zero-order valence-corrected chi connectivity index (χ0v) is 17.5. The third-order valence-electron chi connectivity index (χ3n) is 4.17. The number of para-hydroxylation sites is 2. The molecule has 0 bridgehead atoms. The lowest BCUT2D eigenvalue weighted by Gasteiger charge is -2.11. The van der Waals surface area contributed by atoms with Gasteiger partial charge in [-0.2, -0.15) is 0 Å². The SMILES string of the molecule is Cc1ccc(NC(=O)COc2ccccc2-c2nc3ccccc3s2)c(Br)c1. The second kappa shape index (κ2) is 8.12. The first-order chi connectivity index (χ1) is 13.6. The van der Waals surface area contributed by atoms with Crippen LogP contribution in [-0.4, -0.2) is 17.5 Å². The number of carbonyl (C=O) groups excluding carboxylic acids is 1. The standard InChI is InChI=1S/C22H17BrN2O2S/c1-14-10-11-17(16(23)12-14)24-21(26)13-27-19-8-4-2-6-15(19)22-25-18-7-3-5-9-20(18)28-22/h2-12H,13H2,1H3,(H,24,26). The lowest BCUT2D eigenvalue weighted by Crippen LogP contribution is -2.20. The molecule has 0 aliphatic rings. The zero-order chi connectivity index (χ0) is 19.5. The van der Waals surface area contributed by atoms with Crippen molar-refractivity contribution in [1.29, 1.82) is 0 Å². The minimum absolute atomic E-state index is 0.0811. The van der Waals surface area contributed by atoms with Gasteiger partial charge in [-0.15, -0.1) is 11.3 Å². The maximum atomic E-state index is 12.3. The number of hydrogen-bond donors (Lipinski definition) is 1. The first-order valence-corrected chi connectivity index (χ1v) is 10.3. The highest BCUT2D eigenvalue weighted by molar-refractivity contribution is 9.10. The van der Waals surface area contributed by atoms with E-state index >= 15 is 0 Å². The van der Waals surface area contributed by atoms with Gasteiger partial charge >= 0.3 is 0 Å². The summed E-state index contributed by atoms with van der Waals surface area (Å²) in [7, 11) is 0. The Morgan fingerprint density at radius 3 is 2.71 bits per heavy atom. The fourth-order valence-electron chi connectivity index (χ4n) is 2.81. The van der Waals surface area contributed by atoms with Gasteiger partial charge in [0.1, 0.15) is 10.8 Å². The van der Waals surface area contributed by atoms with Gasteiger partial charge in [0.25, 0.3) is 5.91 Å². The number of nitrogens with one attached hydrogen (secondary N) is 1. The molecule has 4 nitrogen and oxygen atoms in total. The van der Waals surface area contributed by atoms with Crippen molar-refractivity contribution in [2.75, 3.05) is 11.9 Å². The minimum atomic E-state index is -0.219. The van der Waals surface area contributed by atoms with Gasteiger partial charge in [-0.05, 0) is 64.8 Å². The summed E-state index contributed by atoms with van der Waals surface area (Å²) in [6.45, 7) is 1.92. The van der Waals surface area contributed by atoms with E-state index in [0.29, 0.717) is 5.75 Å². The van der Waals surface area contributed by atoms with Gasteiger partial charge in [0.15, 0.2) is 6.61 Å². The third-order valence-corrected chi connectivity index (χ3v) is 5.89. The molecular weight excluding hydrogens is 436 g/mol. The number of carbonyl (C=O) groups is 1. The smallest absolute Gasteiger partial charge is 0.262 e. The molecule has 4 aromatic rings. The number of hydrogen-bond acceptors (Lipinski definition) is 4. The molecule has 0 saturated carbocycles. The van der Waals surface area contributed by atoms with Crippen molar-refractivity contribution in [3.8, 4) is 16.3 Å². The van der Waals surface area contributed by atoms with E-state index in [0.717, 1.165) is 36.5 Å². The first kappa shape index (κ1) is 18.7. The fourth-order valence-corrected chi connectivity index (χ4v) is 4.40. The van der Waals surface area contributed by atoms with Crippen LogP contribution in [-0.2, 0) is 4.79 Å². The van der Waals surface area contributed by atoms with Crippen LogP contribution in [0.25, 0.3) is 20.8 Å². The number of rotatable bonds is 5. The Morgan fingerprint density at radius 2 is 1.89 bits per heavy atom. The average Bonchev–Trinajstić information content (AvgIpc) is 3.13. The molecule has 6 heteroatoms. The van der Waals surface area contributed by atoms with Gasteiger partial charge in [-0.25, -0.2) is 4.98 Å². The molecule has 0 saturated heterocycles. The second-order valence-electron chi connectivity index (χ2n) is 6.30. The van der Waals surface area contributed by atoms with Crippen molar-refractivity contribution in [3.05, 3.63) is 76.8 Å². The van der Waals surface area contributed by atoms with E-state index in [-0.39, 0.29) is 12.5 Å². The topological polar surface area (TPSA) is 51.2 Å². The molecule has 3 aromatic carbocycles. The Kier molecular flexibility index (Phi) is 5.41. The highest BCUT2D eigenvalue weighted by atomic mass is 79.9. The molecule has 140 valence electrons. The van der Waals surface area contributed by atoms with Crippen LogP contribution in [0.2, 0.25) is 0 Å². The van der Waals surface area contributed by atoms with Gasteiger partial charge < -0.3 is 10.1 Å². The van der Waals surface area contributed by atoms with E-state index in [4.69, 9.17) is 9.72 Å². The van der Waals surface area contributed by atoms with E-state index in [9.17, 15) is 4.79 Å². The fraction of sp³-hybridized carbons (Fsp3) is 0.0909. The molecule has 0 aliphatic carbocycles. The van der Waals surface area contributed by atoms with E-state index in [1.807, 2.05) is 73.7 Å². The first-order valence-electron chi connectivity index (χ1n) is 8.74. The monoisotopic (exact) mass is 452 g/mol. The Morgan fingerprint density at radius 1 is 1.11 bits per heavy atom. The van der Waals surface area contributed by atoms with Gasteiger partial charge in [-0.1, -0.05) is 30.3 Å². The zero-order valence-electron chi connectivity index (χ0n) is 15.1. The van der Waals surface area contributed by atoms with Crippen LogP contribution in [0.1, 0.15) is 5.56 Å². The highest BCUT2D eigenvalue weighted by Gasteiger charge is 2.13. The molecule has 0 aliphatic heterocycles. The lowest BCUT2D eigenvalue weighted by molar-refractivity contribution is -0.118. The number of ether oxygens (including phenoxy) is 1. The normalized spacial score (nSPS) is 10.8. The molecule has 0 unspecified atom stereocenters. The summed E-state index contributed by atoms with van der Waals surface area (Å²) >= 11 is 5.07. The summed E-state index contributed by atoms with van der Waals surface area (Å²) in [4.78, 5) is 17.0. The maximum absolute atomic E-state index is 12.3. The minimum Gasteiger partial charge on any atom is -0.483 e. The van der Waals surface area contributed by atoms with Crippen LogP contribution >= 0.6 is 27.3 Å². The summed E-state index contributed by atoms with van der Waals surface area (Å²) in [5.41, 5.74) is 3.68. The summed E-state index contributed by atoms with van der Waals surface area (Å²) in [5.74, 6) is 0.420. The summed E-state index contributed by atoms with van der Waals surface area (Å²) in [6.07, 6.45) is 0. The summed E-state index contributed by atoms with van der Waals surface area (Å²) < 4.78 is 7.79. The lowest BCUT2D eigenvalue weighted by atomic mass is 10.2. The van der Waals surface area contributed by atoms with Crippen molar-refractivity contribution >= 4 is 49.1 Å². The molecule has 4 rings (SSSR count). The Balaban J connectivity index is 1.50. The molecule has 0 fully saturated rings. The van der Waals surface area contributed by atoms with Gasteiger partial charge in [-0.3, -0.25) is 4.79 Å². The molecule has 0 spiro atoms. The van der Waals surface area contributed by atoms with Crippen LogP contribution in [0.3, 0.4) is 0 Å². The number of halogens is 1. The number of benzene rings is 3. The Bertz CT molecular complexity index is 1120. The number of amides is 1. The van der Waals surface area contributed by atoms with Crippen molar-refractivity contribution in [2.45, 2.75) is 6.92 Å². The van der Waals surface area contributed by atoms with E-state index in [2.05, 4.69) is 21.2 Å². The molecule has 0 atom stereocenters. The molecule has 1 N–H and O–H groups in total. The van der Waals surface area contributed by atoms with Gasteiger partial charge in [0, 0.05) is 4.47 Å². The Hall–Kier alpha value is -2.70. The number of aryl methyl sites for hydroxylation is 1. The predicted octanol–water partition coefficient (Wildman–Crippen LogP) is 6.05. The number of thiazole rings is 1. The van der Waals surface area contributed by atoms with Crippen LogP contribution in [0, 0.1) is 6.92 Å². The van der Waals surface area contributed by atoms with Gasteiger partial charge in [0.2, 0.25) is 0 Å². The average molecular weight is 453 g/mol. The molecule has 28 heavy (non-hydrogen) atoms. The molecule has 0 radical (unpaired) electrons. The van der Waals surface area contributed by atoms with E-state index in [1.165, 1.54) is 0 Å². The van der Waals surface area contributed by atoms with Crippen molar-refractivity contribution in [3.63, 3.8) is 0 Å². The third kappa shape index (κ3) is 4.08. The summed E-state index contributed by atoms with van der Waals surface area (Å²) in [5, 5.41) is 3.74. The van der Waals surface area contributed by atoms with Crippen molar-refractivity contribution in [2.24, 2.45) is 0 Å². The molecule has 1 aromatic heterocycles. The van der Waals surface area contributed by atoms with Crippen molar-refractivity contribution in [1.82, 2.24) is 4.98 Å². The van der Waals surface area contributed by atoms with Crippen LogP contribution in [0.5, 0.6) is 5.75 Å².